The molecular weight excluding hydrogens is 186 g/mol. The molecular formula is C9H14NO4. The first-order valence-corrected chi connectivity index (χ1v) is 4.44. The van der Waals surface area contributed by atoms with Crippen molar-refractivity contribution in [3.8, 4) is 0 Å². The van der Waals surface area contributed by atoms with Crippen LogP contribution in [0.15, 0.2) is 11.6 Å². The third-order valence-corrected chi connectivity index (χ3v) is 2.17. The van der Waals surface area contributed by atoms with Crippen LogP contribution in [0.4, 0.5) is 0 Å². The summed E-state index contributed by atoms with van der Waals surface area (Å²) >= 11 is 0. The summed E-state index contributed by atoms with van der Waals surface area (Å²) in [5, 5.41) is 30.6. The van der Waals surface area contributed by atoms with Crippen molar-refractivity contribution < 1.29 is 20.1 Å². The fraction of sp³-hybridized carbons (Fsp3) is 0.667. The predicted octanol–water partition coefficient (Wildman–Crippen LogP) is -1.90. The van der Waals surface area contributed by atoms with Gasteiger partial charge in [-0.25, -0.2) is 0 Å². The van der Waals surface area contributed by atoms with Gasteiger partial charge in [0.25, 0.3) is 0 Å². The summed E-state index contributed by atoms with van der Waals surface area (Å²) in [5.41, 5.74) is 0.783. The number of nitrogens with one attached hydrogen (secondary N) is 1. The molecule has 0 fully saturated rings. The van der Waals surface area contributed by atoms with Gasteiger partial charge in [0.1, 0.15) is 12.2 Å². The van der Waals surface area contributed by atoms with Crippen LogP contribution in [0.1, 0.15) is 6.42 Å². The Bertz CT molecular complexity index is 229. The second-order valence-corrected chi connectivity index (χ2v) is 3.33. The van der Waals surface area contributed by atoms with Crippen molar-refractivity contribution in [2.75, 3.05) is 13.1 Å². The van der Waals surface area contributed by atoms with E-state index in [0.717, 1.165) is 5.57 Å². The molecule has 3 unspecified atom stereocenters. The zero-order valence-electron chi connectivity index (χ0n) is 7.68. The molecule has 5 nitrogen and oxygen atoms in total. The van der Waals surface area contributed by atoms with E-state index in [1.807, 2.05) is 0 Å². The van der Waals surface area contributed by atoms with Crippen molar-refractivity contribution in [1.82, 2.24) is 5.32 Å². The molecule has 1 rings (SSSR count). The molecule has 5 heteroatoms. The smallest absolute Gasteiger partial charge is 0.213 e. The van der Waals surface area contributed by atoms with Gasteiger partial charge in [-0.05, 0) is 6.42 Å². The van der Waals surface area contributed by atoms with Crippen LogP contribution in [0, 0.1) is 0 Å². The third-order valence-electron chi connectivity index (χ3n) is 2.17. The molecule has 0 spiro atoms. The van der Waals surface area contributed by atoms with Gasteiger partial charge in [0.05, 0.1) is 12.6 Å². The van der Waals surface area contributed by atoms with Crippen LogP contribution < -0.4 is 5.32 Å². The van der Waals surface area contributed by atoms with Crippen LogP contribution in [0.5, 0.6) is 0 Å². The van der Waals surface area contributed by atoms with Crippen molar-refractivity contribution in [3.05, 3.63) is 11.6 Å². The Labute approximate surface area is 82.1 Å². The van der Waals surface area contributed by atoms with Crippen LogP contribution in [-0.2, 0) is 4.79 Å². The molecule has 1 aliphatic rings. The molecule has 0 saturated heterocycles. The minimum atomic E-state index is -1.11. The normalized spacial score (nSPS) is 32.5. The van der Waals surface area contributed by atoms with Crippen LogP contribution in [0.25, 0.3) is 0 Å². The van der Waals surface area contributed by atoms with E-state index in [0.29, 0.717) is 13.0 Å². The highest BCUT2D eigenvalue weighted by Gasteiger charge is 2.28. The molecule has 0 aliphatic heterocycles. The molecule has 0 aromatic carbocycles. The maximum absolute atomic E-state index is 9.88. The van der Waals surface area contributed by atoms with Crippen LogP contribution in [0.2, 0.25) is 0 Å². The Hall–Kier alpha value is -0.750. The molecule has 0 aromatic heterocycles. The van der Waals surface area contributed by atoms with Crippen LogP contribution in [-0.4, -0.2) is 53.0 Å². The molecule has 4 N–H and O–H groups in total. The molecule has 1 aliphatic carbocycles. The van der Waals surface area contributed by atoms with Gasteiger partial charge in [0.2, 0.25) is 6.29 Å². The Morgan fingerprint density at radius 2 is 2.21 bits per heavy atom. The lowest BCUT2D eigenvalue weighted by atomic mass is 9.92. The first kappa shape index (κ1) is 11.3. The average Bonchev–Trinajstić information content (AvgIpc) is 2.14. The summed E-state index contributed by atoms with van der Waals surface area (Å²) in [5.74, 6) is 0. The van der Waals surface area contributed by atoms with Crippen molar-refractivity contribution in [2.24, 2.45) is 0 Å². The zero-order chi connectivity index (χ0) is 10.6. The summed E-state index contributed by atoms with van der Waals surface area (Å²) in [6.07, 6.45) is 0.396. The lowest BCUT2D eigenvalue weighted by molar-refractivity contribution is -0.0477. The first-order chi connectivity index (χ1) is 6.65. The SMILES string of the molecule is O=[C]CNCC1=CC(O)C(O)C(O)C1. The second kappa shape index (κ2) is 5.21. The van der Waals surface area contributed by atoms with Gasteiger partial charge in [0, 0.05) is 6.54 Å². The van der Waals surface area contributed by atoms with Crippen molar-refractivity contribution in [1.29, 1.82) is 0 Å². The van der Waals surface area contributed by atoms with E-state index in [-0.39, 0.29) is 6.54 Å². The van der Waals surface area contributed by atoms with Crippen molar-refractivity contribution in [2.45, 2.75) is 24.7 Å². The summed E-state index contributed by atoms with van der Waals surface area (Å²) in [7, 11) is 0. The van der Waals surface area contributed by atoms with Crippen LogP contribution >= 0.6 is 0 Å². The average molecular weight is 200 g/mol. The number of hydrogen-bond donors (Lipinski definition) is 4. The summed E-state index contributed by atoms with van der Waals surface area (Å²) in [6, 6.07) is 0. The van der Waals surface area contributed by atoms with E-state index in [2.05, 4.69) is 5.32 Å². The molecule has 14 heavy (non-hydrogen) atoms. The Balaban J connectivity index is 2.45. The molecule has 79 valence electrons. The largest absolute Gasteiger partial charge is 0.390 e. The van der Waals surface area contributed by atoms with E-state index < -0.39 is 18.3 Å². The maximum atomic E-state index is 9.88. The molecule has 3 atom stereocenters. The minimum Gasteiger partial charge on any atom is -0.390 e. The first-order valence-electron chi connectivity index (χ1n) is 4.44. The fourth-order valence-corrected chi connectivity index (χ4v) is 1.43. The highest BCUT2D eigenvalue weighted by atomic mass is 16.4. The van der Waals surface area contributed by atoms with Gasteiger partial charge in [-0.2, -0.15) is 0 Å². The van der Waals surface area contributed by atoms with Gasteiger partial charge in [0.15, 0.2) is 0 Å². The standard InChI is InChI=1S/C9H14NO4/c11-2-1-10-5-6-3-7(12)9(14)8(13)4-6/h3,7-10,12-14H,1,4-5H2. The highest BCUT2D eigenvalue weighted by molar-refractivity contribution is 5.52. The Morgan fingerprint density at radius 1 is 1.50 bits per heavy atom. The quantitative estimate of drug-likeness (QED) is 0.314. The predicted molar refractivity (Wildman–Crippen MR) is 49.3 cm³/mol. The minimum absolute atomic E-state index is 0.117. The van der Waals surface area contributed by atoms with Gasteiger partial charge >= 0.3 is 0 Å². The molecule has 1 radical (unpaired) electrons. The van der Waals surface area contributed by atoms with Crippen LogP contribution in [0.3, 0.4) is 0 Å². The molecule has 0 aromatic rings. The number of aliphatic hydroxyl groups excluding tert-OH is 3. The zero-order valence-corrected chi connectivity index (χ0v) is 7.68. The lowest BCUT2D eigenvalue weighted by Crippen LogP contribution is -2.41. The Kier molecular flexibility index (Phi) is 4.21. The molecule has 0 bridgehead atoms. The number of hydrogen-bond acceptors (Lipinski definition) is 5. The second-order valence-electron chi connectivity index (χ2n) is 3.33. The molecule has 0 saturated carbocycles. The maximum Gasteiger partial charge on any atom is 0.213 e. The van der Waals surface area contributed by atoms with Crippen molar-refractivity contribution in [3.63, 3.8) is 0 Å². The summed E-state index contributed by atoms with van der Waals surface area (Å²) in [4.78, 5) is 9.88. The van der Waals surface area contributed by atoms with E-state index in [1.54, 1.807) is 6.29 Å². The number of rotatable bonds is 4. The van der Waals surface area contributed by atoms with Gasteiger partial charge in [-0.15, -0.1) is 0 Å². The van der Waals surface area contributed by atoms with E-state index in [9.17, 15) is 20.1 Å². The van der Waals surface area contributed by atoms with E-state index >= 15 is 0 Å². The van der Waals surface area contributed by atoms with Crippen molar-refractivity contribution >= 4 is 6.29 Å². The Morgan fingerprint density at radius 3 is 2.79 bits per heavy atom. The highest BCUT2D eigenvalue weighted by Crippen LogP contribution is 2.18. The number of aliphatic hydroxyl groups is 3. The topological polar surface area (TPSA) is 89.8 Å². The number of carbonyl (C=O) groups excluding carboxylic acids is 1. The monoisotopic (exact) mass is 200 g/mol. The molecule has 0 amide bonds. The molecule has 0 heterocycles. The van der Waals surface area contributed by atoms with Gasteiger partial charge in [-0.1, -0.05) is 11.6 Å². The summed E-state index contributed by atoms with van der Waals surface area (Å²) in [6.45, 7) is 0.530. The van der Waals surface area contributed by atoms with E-state index in [4.69, 9.17) is 0 Å². The van der Waals surface area contributed by atoms with E-state index in [1.165, 1.54) is 6.08 Å². The van der Waals surface area contributed by atoms with Gasteiger partial charge in [-0.3, -0.25) is 4.79 Å². The van der Waals surface area contributed by atoms with Gasteiger partial charge < -0.3 is 20.6 Å². The lowest BCUT2D eigenvalue weighted by Gasteiger charge is -2.27. The third kappa shape index (κ3) is 2.88. The summed E-state index contributed by atoms with van der Waals surface area (Å²) < 4.78 is 0. The fourth-order valence-electron chi connectivity index (χ4n) is 1.43.